The molecule has 2 aliphatic rings. The molecule has 1 aromatic rings. The number of halogens is 1. The Kier molecular flexibility index (Phi) is 2.69. The van der Waals surface area contributed by atoms with Crippen molar-refractivity contribution in [3.05, 3.63) is 28.2 Å². The predicted octanol–water partition coefficient (Wildman–Crippen LogP) is 2.81. The molecular formula is C13H15BrO3. The van der Waals surface area contributed by atoms with E-state index in [0.717, 1.165) is 22.2 Å². The molecule has 0 saturated carbocycles. The van der Waals surface area contributed by atoms with Gasteiger partial charge in [-0.05, 0) is 25.1 Å². The van der Waals surface area contributed by atoms with Crippen LogP contribution in [0.3, 0.4) is 0 Å². The standard InChI is InChI=1S/C13H15BrO3/c1-8-13(4-5-16-8)7-11(15)10-6-9(14)2-3-12(10)17-13/h2-3,6,8,11,15H,4-5,7H2,1H3/t8?,11-,13?/m1/s1. The van der Waals surface area contributed by atoms with Crippen molar-refractivity contribution in [1.29, 1.82) is 0 Å². The Bertz CT molecular complexity index is 448. The van der Waals surface area contributed by atoms with Gasteiger partial charge in [-0.2, -0.15) is 0 Å². The second kappa shape index (κ2) is 3.97. The molecule has 0 amide bonds. The smallest absolute Gasteiger partial charge is 0.140 e. The average molecular weight is 299 g/mol. The van der Waals surface area contributed by atoms with Crippen LogP contribution in [0, 0.1) is 0 Å². The largest absolute Gasteiger partial charge is 0.484 e. The molecule has 1 N–H and O–H groups in total. The fourth-order valence-electron chi connectivity index (χ4n) is 2.74. The third-order valence-corrected chi connectivity index (χ3v) is 4.31. The maximum atomic E-state index is 10.3. The van der Waals surface area contributed by atoms with Crippen LogP contribution in [0.2, 0.25) is 0 Å². The minimum Gasteiger partial charge on any atom is -0.484 e. The van der Waals surface area contributed by atoms with Crippen LogP contribution in [0.15, 0.2) is 22.7 Å². The molecule has 0 radical (unpaired) electrons. The van der Waals surface area contributed by atoms with Gasteiger partial charge < -0.3 is 14.6 Å². The molecular weight excluding hydrogens is 284 g/mol. The summed E-state index contributed by atoms with van der Waals surface area (Å²) in [5.41, 5.74) is 0.518. The first-order valence-electron chi connectivity index (χ1n) is 5.89. The predicted molar refractivity (Wildman–Crippen MR) is 67.1 cm³/mol. The third-order valence-electron chi connectivity index (χ3n) is 3.82. The summed E-state index contributed by atoms with van der Waals surface area (Å²) in [7, 11) is 0. The van der Waals surface area contributed by atoms with Gasteiger partial charge >= 0.3 is 0 Å². The molecule has 3 nitrogen and oxygen atoms in total. The number of aliphatic hydroxyl groups excluding tert-OH is 1. The first-order valence-corrected chi connectivity index (χ1v) is 6.68. The fourth-order valence-corrected chi connectivity index (χ4v) is 3.11. The van der Waals surface area contributed by atoms with Gasteiger partial charge in [0.1, 0.15) is 11.4 Å². The average Bonchev–Trinajstić information content (AvgIpc) is 2.62. The molecule has 4 heteroatoms. The van der Waals surface area contributed by atoms with Gasteiger partial charge in [0.2, 0.25) is 0 Å². The van der Waals surface area contributed by atoms with E-state index in [1.165, 1.54) is 0 Å². The molecule has 2 aliphatic heterocycles. The molecule has 3 rings (SSSR count). The molecule has 1 spiro atoms. The van der Waals surface area contributed by atoms with Gasteiger partial charge in [-0.1, -0.05) is 15.9 Å². The highest BCUT2D eigenvalue weighted by Crippen LogP contribution is 2.46. The summed E-state index contributed by atoms with van der Waals surface area (Å²) in [5, 5.41) is 10.3. The summed E-state index contributed by atoms with van der Waals surface area (Å²) in [4.78, 5) is 0. The second-order valence-corrected chi connectivity index (χ2v) is 5.75. The minimum absolute atomic E-state index is 0.0361. The first kappa shape index (κ1) is 11.5. The number of hydrogen-bond acceptors (Lipinski definition) is 3. The van der Waals surface area contributed by atoms with Crippen molar-refractivity contribution < 1.29 is 14.6 Å². The molecule has 92 valence electrons. The number of aliphatic hydroxyl groups is 1. The summed E-state index contributed by atoms with van der Waals surface area (Å²) >= 11 is 3.41. The van der Waals surface area contributed by atoms with Gasteiger partial charge in [0, 0.05) is 22.9 Å². The first-order chi connectivity index (χ1) is 8.11. The minimum atomic E-state index is -0.472. The van der Waals surface area contributed by atoms with Crippen LogP contribution in [0.4, 0.5) is 0 Å². The maximum absolute atomic E-state index is 10.3. The number of rotatable bonds is 0. The van der Waals surface area contributed by atoms with E-state index >= 15 is 0 Å². The zero-order chi connectivity index (χ0) is 12.0. The van der Waals surface area contributed by atoms with Crippen LogP contribution >= 0.6 is 15.9 Å². The topological polar surface area (TPSA) is 38.7 Å². The van der Waals surface area contributed by atoms with Gasteiger partial charge in [0.05, 0.1) is 18.8 Å². The highest BCUT2D eigenvalue weighted by Gasteiger charge is 2.48. The molecule has 3 atom stereocenters. The molecule has 17 heavy (non-hydrogen) atoms. The zero-order valence-electron chi connectivity index (χ0n) is 9.65. The summed E-state index contributed by atoms with van der Waals surface area (Å²) < 4.78 is 12.7. The quantitative estimate of drug-likeness (QED) is 0.800. The third kappa shape index (κ3) is 1.79. The lowest BCUT2D eigenvalue weighted by atomic mass is 9.84. The Balaban J connectivity index is 2.01. The maximum Gasteiger partial charge on any atom is 0.140 e. The lowest BCUT2D eigenvalue weighted by molar-refractivity contribution is -0.0565. The van der Waals surface area contributed by atoms with Crippen molar-refractivity contribution in [3.8, 4) is 5.75 Å². The normalized spacial score (nSPS) is 35.7. The summed E-state index contributed by atoms with van der Waals surface area (Å²) in [6, 6.07) is 5.77. The highest BCUT2D eigenvalue weighted by atomic mass is 79.9. The van der Waals surface area contributed by atoms with Gasteiger partial charge in [0.15, 0.2) is 0 Å². The van der Waals surface area contributed by atoms with Gasteiger partial charge in [-0.3, -0.25) is 0 Å². The van der Waals surface area contributed by atoms with Crippen molar-refractivity contribution >= 4 is 15.9 Å². The molecule has 1 fully saturated rings. The second-order valence-electron chi connectivity index (χ2n) is 4.83. The van der Waals surface area contributed by atoms with Crippen molar-refractivity contribution in [2.45, 2.75) is 37.6 Å². The SMILES string of the molecule is CC1OCCC12C[C@@H](O)c1cc(Br)ccc1O2. The van der Waals surface area contributed by atoms with E-state index in [2.05, 4.69) is 15.9 Å². The molecule has 0 aliphatic carbocycles. The molecule has 1 saturated heterocycles. The van der Waals surface area contributed by atoms with E-state index in [0.29, 0.717) is 13.0 Å². The summed E-state index contributed by atoms with van der Waals surface area (Å²) in [5.74, 6) is 0.782. The van der Waals surface area contributed by atoms with E-state index in [1.54, 1.807) is 0 Å². The number of hydrogen-bond donors (Lipinski definition) is 1. The fraction of sp³-hybridized carbons (Fsp3) is 0.538. The Hall–Kier alpha value is -0.580. The van der Waals surface area contributed by atoms with Crippen LogP contribution in [0.1, 0.15) is 31.4 Å². The van der Waals surface area contributed by atoms with Gasteiger partial charge in [-0.25, -0.2) is 0 Å². The van der Waals surface area contributed by atoms with E-state index in [4.69, 9.17) is 9.47 Å². The molecule has 2 unspecified atom stereocenters. The number of fused-ring (bicyclic) bond motifs is 1. The Morgan fingerprint density at radius 2 is 2.29 bits per heavy atom. The monoisotopic (exact) mass is 298 g/mol. The Morgan fingerprint density at radius 3 is 3.00 bits per heavy atom. The van der Waals surface area contributed by atoms with Gasteiger partial charge in [0.25, 0.3) is 0 Å². The lowest BCUT2D eigenvalue weighted by Crippen LogP contribution is -2.46. The van der Waals surface area contributed by atoms with Crippen LogP contribution in [0.5, 0.6) is 5.75 Å². The number of benzene rings is 1. The zero-order valence-corrected chi connectivity index (χ0v) is 11.2. The van der Waals surface area contributed by atoms with E-state index < -0.39 is 6.10 Å². The molecule has 1 aromatic carbocycles. The van der Waals surface area contributed by atoms with Crippen LogP contribution in [0.25, 0.3) is 0 Å². The number of ether oxygens (including phenoxy) is 2. The molecule has 0 aromatic heterocycles. The summed E-state index contributed by atoms with van der Waals surface area (Å²) in [6.45, 7) is 2.73. The van der Waals surface area contributed by atoms with Gasteiger partial charge in [-0.15, -0.1) is 0 Å². The van der Waals surface area contributed by atoms with Crippen molar-refractivity contribution in [2.75, 3.05) is 6.61 Å². The van der Waals surface area contributed by atoms with E-state index in [1.807, 2.05) is 25.1 Å². The molecule has 0 bridgehead atoms. The van der Waals surface area contributed by atoms with Crippen LogP contribution < -0.4 is 4.74 Å². The molecule has 2 heterocycles. The van der Waals surface area contributed by atoms with Crippen molar-refractivity contribution in [1.82, 2.24) is 0 Å². The van der Waals surface area contributed by atoms with Crippen molar-refractivity contribution in [3.63, 3.8) is 0 Å². The summed E-state index contributed by atoms with van der Waals surface area (Å²) in [6.07, 6.45) is 1.02. The van der Waals surface area contributed by atoms with E-state index in [9.17, 15) is 5.11 Å². The lowest BCUT2D eigenvalue weighted by Gasteiger charge is -2.40. The highest BCUT2D eigenvalue weighted by molar-refractivity contribution is 9.10. The van der Waals surface area contributed by atoms with Crippen LogP contribution in [-0.4, -0.2) is 23.4 Å². The van der Waals surface area contributed by atoms with E-state index in [-0.39, 0.29) is 11.7 Å². The Labute approximate surface area is 109 Å². The van der Waals surface area contributed by atoms with Crippen LogP contribution in [-0.2, 0) is 4.74 Å². The Morgan fingerprint density at radius 1 is 1.47 bits per heavy atom. The van der Waals surface area contributed by atoms with Crippen molar-refractivity contribution in [2.24, 2.45) is 0 Å².